The molecule has 1 N–H and O–H groups in total. The van der Waals surface area contributed by atoms with Crippen LogP contribution in [0, 0.1) is 10.1 Å². The highest BCUT2D eigenvalue weighted by molar-refractivity contribution is 5.81. The molecule has 118 valence electrons. The molecule has 0 spiro atoms. The van der Waals surface area contributed by atoms with Crippen molar-refractivity contribution in [3.05, 3.63) is 64.6 Å². The van der Waals surface area contributed by atoms with Crippen LogP contribution < -0.4 is 10.2 Å². The average molecular weight is 315 g/mol. The second-order valence-corrected chi connectivity index (χ2v) is 4.20. The number of furan rings is 1. The minimum atomic E-state index is -0.579. The van der Waals surface area contributed by atoms with Crippen LogP contribution in [-0.2, 0) is 4.79 Å². The molecule has 0 saturated carbocycles. The number of hydrogen-bond acceptors (Lipinski definition) is 6. The Bertz CT molecular complexity index is 722. The van der Waals surface area contributed by atoms with Crippen LogP contribution in [0.3, 0.4) is 0 Å². The summed E-state index contributed by atoms with van der Waals surface area (Å²) in [5, 5.41) is 14.5. The van der Waals surface area contributed by atoms with Gasteiger partial charge in [0.1, 0.15) is 5.76 Å². The molecule has 1 heterocycles. The van der Waals surface area contributed by atoms with E-state index in [2.05, 4.69) is 10.5 Å². The van der Waals surface area contributed by atoms with Crippen LogP contribution in [0.4, 0.5) is 5.69 Å². The van der Waals surface area contributed by atoms with Crippen LogP contribution in [-0.4, -0.2) is 23.7 Å². The largest absolute Gasteiger partial charge is 0.477 e. The molecule has 0 aliphatic rings. The summed E-state index contributed by atoms with van der Waals surface area (Å²) in [4.78, 5) is 21.7. The molecule has 2 rings (SSSR count). The number of rotatable bonds is 7. The molecule has 0 fully saturated rings. The van der Waals surface area contributed by atoms with Crippen LogP contribution in [0.1, 0.15) is 5.76 Å². The Kier molecular flexibility index (Phi) is 5.64. The molecule has 23 heavy (non-hydrogen) atoms. The summed E-state index contributed by atoms with van der Waals surface area (Å²) in [6.07, 6.45) is 6.16. The Morgan fingerprint density at radius 3 is 2.91 bits per heavy atom. The maximum Gasteiger partial charge on any atom is 0.310 e. The van der Waals surface area contributed by atoms with Crippen molar-refractivity contribution in [3.8, 4) is 5.75 Å². The van der Waals surface area contributed by atoms with E-state index in [9.17, 15) is 14.9 Å². The molecule has 8 heteroatoms. The topological polar surface area (TPSA) is 107 Å². The molecule has 1 aromatic carbocycles. The fourth-order valence-corrected chi connectivity index (χ4v) is 1.58. The van der Waals surface area contributed by atoms with Gasteiger partial charge in [0.05, 0.1) is 11.2 Å². The van der Waals surface area contributed by atoms with Crippen molar-refractivity contribution in [3.63, 3.8) is 0 Å². The van der Waals surface area contributed by atoms with E-state index < -0.39 is 10.8 Å². The Labute approximate surface area is 131 Å². The van der Waals surface area contributed by atoms with Gasteiger partial charge < -0.3 is 9.15 Å². The van der Waals surface area contributed by atoms with Crippen molar-refractivity contribution in [2.75, 3.05) is 6.61 Å². The van der Waals surface area contributed by atoms with Gasteiger partial charge in [-0.1, -0.05) is 12.1 Å². The number of benzene rings is 1. The van der Waals surface area contributed by atoms with Gasteiger partial charge in [-0.15, -0.1) is 0 Å². The van der Waals surface area contributed by atoms with Gasteiger partial charge in [0.25, 0.3) is 5.91 Å². The number of nitro benzene ring substituents is 1. The first-order chi connectivity index (χ1) is 11.2. The lowest BCUT2D eigenvalue weighted by molar-refractivity contribution is -0.385. The van der Waals surface area contributed by atoms with Crippen molar-refractivity contribution in [2.24, 2.45) is 5.10 Å². The zero-order valence-corrected chi connectivity index (χ0v) is 11.9. The van der Waals surface area contributed by atoms with Crippen LogP contribution in [0.2, 0.25) is 0 Å². The van der Waals surface area contributed by atoms with E-state index in [4.69, 9.17) is 9.15 Å². The molecular weight excluding hydrogens is 302 g/mol. The summed E-state index contributed by atoms with van der Waals surface area (Å²) in [7, 11) is 0. The first kappa shape index (κ1) is 16.0. The SMILES string of the molecule is O=C(COc1ccccc1[N+](=O)[O-])NN=C/C=C\c1ccco1. The maximum atomic E-state index is 11.5. The zero-order chi connectivity index (χ0) is 16.5. The van der Waals surface area contributed by atoms with Crippen LogP contribution in [0.15, 0.2) is 58.3 Å². The number of carbonyl (C=O) groups is 1. The Hall–Kier alpha value is -3.42. The standard InChI is InChI=1S/C15H13N3O5/c19-15(17-16-9-3-5-12-6-4-10-22-12)11-23-14-8-2-1-7-13(14)18(20)21/h1-10H,11H2,(H,17,19)/b5-3-,16-9?. The van der Waals surface area contributed by atoms with Crippen molar-refractivity contribution >= 4 is 23.9 Å². The third kappa shape index (κ3) is 5.12. The van der Waals surface area contributed by atoms with Crippen LogP contribution in [0.5, 0.6) is 5.75 Å². The van der Waals surface area contributed by atoms with E-state index >= 15 is 0 Å². The fourth-order valence-electron chi connectivity index (χ4n) is 1.58. The summed E-state index contributed by atoms with van der Waals surface area (Å²) < 4.78 is 10.2. The first-order valence-corrected chi connectivity index (χ1v) is 6.55. The predicted octanol–water partition coefficient (Wildman–Crippen LogP) is 2.38. The summed E-state index contributed by atoms with van der Waals surface area (Å²) in [5.74, 6) is 0.141. The number of amides is 1. The number of nitrogens with one attached hydrogen (secondary N) is 1. The summed E-state index contributed by atoms with van der Waals surface area (Å²) in [6.45, 7) is -0.385. The van der Waals surface area contributed by atoms with Gasteiger partial charge in [0.15, 0.2) is 12.4 Å². The molecule has 0 saturated heterocycles. The lowest BCUT2D eigenvalue weighted by Crippen LogP contribution is -2.24. The Balaban J connectivity index is 1.78. The molecule has 0 bridgehead atoms. The Morgan fingerprint density at radius 2 is 2.17 bits per heavy atom. The number of ether oxygens (including phenoxy) is 1. The fraction of sp³-hybridized carbons (Fsp3) is 0.0667. The maximum absolute atomic E-state index is 11.5. The number of nitro groups is 1. The molecule has 1 amide bonds. The van der Waals surface area contributed by atoms with Gasteiger partial charge in [-0.2, -0.15) is 5.10 Å². The van der Waals surface area contributed by atoms with Crippen molar-refractivity contribution in [1.29, 1.82) is 0 Å². The van der Waals surface area contributed by atoms with Gasteiger partial charge >= 0.3 is 5.69 Å². The molecule has 8 nitrogen and oxygen atoms in total. The molecule has 0 aliphatic heterocycles. The zero-order valence-electron chi connectivity index (χ0n) is 11.9. The van der Waals surface area contributed by atoms with E-state index in [0.29, 0.717) is 5.76 Å². The second-order valence-electron chi connectivity index (χ2n) is 4.20. The van der Waals surface area contributed by atoms with E-state index in [0.717, 1.165) is 0 Å². The third-order valence-corrected chi connectivity index (χ3v) is 2.57. The van der Waals surface area contributed by atoms with Gasteiger partial charge in [0, 0.05) is 12.3 Å². The van der Waals surface area contributed by atoms with Crippen molar-refractivity contribution in [2.45, 2.75) is 0 Å². The van der Waals surface area contributed by atoms with E-state index in [-0.39, 0.29) is 18.0 Å². The van der Waals surface area contributed by atoms with E-state index in [1.807, 2.05) is 0 Å². The summed E-state index contributed by atoms with van der Waals surface area (Å²) in [6, 6.07) is 9.33. The minimum Gasteiger partial charge on any atom is -0.477 e. The average Bonchev–Trinajstić information content (AvgIpc) is 3.06. The third-order valence-electron chi connectivity index (χ3n) is 2.57. The van der Waals surface area contributed by atoms with Crippen LogP contribution >= 0.6 is 0 Å². The van der Waals surface area contributed by atoms with Gasteiger partial charge in [0.2, 0.25) is 0 Å². The molecule has 0 radical (unpaired) electrons. The molecule has 0 unspecified atom stereocenters. The molecule has 2 aromatic rings. The number of nitrogens with zero attached hydrogens (tertiary/aromatic N) is 2. The number of hydrogen-bond donors (Lipinski definition) is 1. The number of allylic oxidation sites excluding steroid dienone is 1. The summed E-state index contributed by atoms with van der Waals surface area (Å²) >= 11 is 0. The molecule has 0 aliphatic carbocycles. The second kappa shape index (κ2) is 8.13. The number of para-hydroxylation sites is 2. The molecular formula is C15H13N3O5. The quantitative estimate of drug-likeness (QED) is 0.479. The molecule has 1 aromatic heterocycles. The normalized spacial score (nSPS) is 11.0. The highest BCUT2D eigenvalue weighted by Crippen LogP contribution is 2.25. The van der Waals surface area contributed by atoms with Crippen molar-refractivity contribution in [1.82, 2.24) is 5.43 Å². The Morgan fingerprint density at radius 1 is 1.35 bits per heavy atom. The van der Waals surface area contributed by atoms with Gasteiger partial charge in [-0.25, -0.2) is 5.43 Å². The lowest BCUT2D eigenvalue weighted by atomic mass is 10.3. The van der Waals surface area contributed by atoms with E-state index in [1.165, 1.54) is 24.4 Å². The first-order valence-electron chi connectivity index (χ1n) is 6.55. The monoisotopic (exact) mass is 315 g/mol. The van der Waals surface area contributed by atoms with Crippen molar-refractivity contribution < 1.29 is 18.9 Å². The minimum absolute atomic E-state index is 0.0225. The smallest absolute Gasteiger partial charge is 0.310 e. The summed E-state index contributed by atoms with van der Waals surface area (Å²) in [5.41, 5.74) is 2.03. The number of hydrazone groups is 1. The van der Waals surface area contributed by atoms with Crippen LogP contribution in [0.25, 0.3) is 6.08 Å². The lowest BCUT2D eigenvalue weighted by Gasteiger charge is -2.04. The molecule has 0 atom stereocenters. The van der Waals surface area contributed by atoms with Gasteiger partial charge in [-0.3, -0.25) is 14.9 Å². The highest BCUT2D eigenvalue weighted by Gasteiger charge is 2.14. The highest BCUT2D eigenvalue weighted by atomic mass is 16.6. The van der Waals surface area contributed by atoms with Gasteiger partial charge in [-0.05, 0) is 30.4 Å². The van der Waals surface area contributed by atoms with E-state index in [1.54, 1.807) is 36.6 Å². The predicted molar refractivity (Wildman–Crippen MR) is 83.0 cm³/mol. The number of carbonyl (C=O) groups excluding carboxylic acids is 1.